The van der Waals surface area contributed by atoms with E-state index >= 15 is 0 Å². The molecule has 4 atom stereocenters. The van der Waals surface area contributed by atoms with Crippen molar-refractivity contribution in [2.45, 2.75) is 37.1 Å². The highest BCUT2D eigenvalue weighted by Crippen LogP contribution is 2.40. The minimum atomic E-state index is 0.161. The van der Waals surface area contributed by atoms with Crippen molar-refractivity contribution in [1.29, 1.82) is 0 Å². The largest absolute Gasteiger partial charge is 0.474 e. The van der Waals surface area contributed by atoms with Crippen molar-refractivity contribution in [1.82, 2.24) is 5.32 Å². The molecule has 6 rings (SSSR count). The fourth-order valence-corrected chi connectivity index (χ4v) is 4.76. The molecule has 0 unspecified atom stereocenters. The summed E-state index contributed by atoms with van der Waals surface area (Å²) >= 11 is 0. The predicted octanol–water partition coefficient (Wildman–Crippen LogP) is 2.77. The summed E-state index contributed by atoms with van der Waals surface area (Å²) in [6.45, 7) is 1.23. The Balaban J connectivity index is 1.08. The smallest absolute Gasteiger partial charge is 0.198 e. The highest BCUT2D eigenvalue weighted by molar-refractivity contribution is 5.83. The lowest BCUT2D eigenvalue weighted by Crippen LogP contribution is -2.30. The molecule has 2 aliphatic heterocycles. The zero-order valence-electron chi connectivity index (χ0n) is 15.0. The Labute approximate surface area is 158 Å². The van der Waals surface area contributed by atoms with E-state index in [0.717, 1.165) is 24.6 Å². The van der Waals surface area contributed by atoms with Crippen LogP contribution in [0.2, 0.25) is 0 Å². The Morgan fingerprint density at radius 3 is 1.74 bits per heavy atom. The molecule has 5 heteroatoms. The number of nitrogens with zero attached hydrogens (tertiary/aromatic N) is 2. The Bertz CT molecular complexity index is 890. The van der Waals surface area contributed by atoms with Crippen LogP contribution < -0.4 is 5.32 Å². The summed E-state index contributed by atoms with van der Waals surface area (Å²) in [5.41, 5.74) is 5.35. The van der Waals surface area contributed by atoms with Crippen LogP contribution in [0.15, 0.2) is 58.5 Å². The lowest BCUT2D eigenvalue weighted by atomic mass is 10.1. The molecule has 2 aromatic rings. The molecule has 2 heterocycles. The zero-order valence-corrected chi connectivity index (χ0v) is 15.0. The second-order valence-electron chi connectivity index (χ2n) is 7.66. The number of hydrogen-bond donors (Lipinski definition) is 1. The molecule has 0 saturated carbocycles. The third kappa shape index (κ3) is 2.49. The van der Waals surface area contributed by atoms with Gasteiger partial charge in [-0.05, 0) is 22.3 Å². The second kappa shape index (κ2) is 5.92. The first kappa shape index (κ1) is 15.4. The first-order valence-electron chi connectivity index (χ1n) is 9.68. The molecule has 0 amide bonds. The van der Waals surface area contributed by atoms with Crippen molar-refractivity contribution in [2.75, 3.05) is 13.1 Å². The first-order chi connectivity index (χ1) is 13.3. The molecule has 5 nitrogen and oxygen atoms in total. The van der Waals surface area contributed by atoms with Crippen LogP contribution in [0.5, 0.6) is 0 Å². The molecular formula is C22H21N3O2. The number of fused-ring (bicyclic) bond motifs is 6. The van der Waals surface area contributed by atoms with Gasteiger partial charge in [0.1, 0.15) is 24.3 Å². The molecule has 0 saturated heterocycles. The molecule has 0 bridgehead atoms. The molecule has 2 aliphatic carbocycles. The summed E-state index contributed by atoms with van der Waals surface area (Å²) in [6.07, 6.45) is 2.23. The maximum atomic E-state index is 6.06. The van der Waals surface area contributed by atoms with E-state index in [1.165, 1.54) is 22.3 Å². The van der Waals surface area contributed by atoms with Crippen LogP contribution in [-0.2, 0) is 22.3 Å². The number of rotatable bonds is 4. The van der Waals surface area contributed by atoms with Gasteiger partial charge in [-0.1, -0.05) is 48.5 Å². The van der Waals surface area contributed by atoms with Gasteiger partial charge in [0.15, 0.2) is 11.8 Å². The van der Waals surface area contributed by atoms with E-state index in [-0.39, 0.29) is 24.3 Å². The van der Waals surface area contributed by atoms with Crippen molar-refractivity contribution in [3.8, 4) is 0 Å². The minimum Gasteiger partial charge on any atom is -0.474 e. The van der Waals surface area contributed by atoms with E-state index in [1.54, 1.807) is 0 Å². The van der Waals surface area contributed by atoms with E-state index in [1.807, 2.05) is 0 Å². The van der Waals surface area contributed by atoms with Gasteiger partial charge in [0.2, 0.25) is 0 Å². The maximum Gasteiger partial charge on any atom is 0.198 e. The van der Waals surface area contributed by atoms with E-state index in [9.17, 15) is 0 Å². The number of ether oxygens (including phenoxy) is 2. The number of nitrogens with one attached hydrogen (secondary N) is 1. The quantitative estimate of drug-likeness (QED) is 0.913. The topological polar surface area (TPSA) is 55.2 Å². The van der Waals surface area contributed by atoms with Crippen LogP contribution in [0.3, 0.4) is 0 Å². The Morgan fingerprint density at radius 2 is 1.22 bits per heavy atom. The SMILES string of the molecule is c1ccc2c(c1)C[C@@H]1OC(CNCC3=N[C@@H]4c5ccccc5C[C@@H]4O3)=N[C@H]21. The Morgan fingerprint density at radius 1 is 0.741 bits per heavy atom. The van der Waals surface area contributed by atoms with Crippen molar-refractivity contribution in [3.05, 3.63) is 70.8 Å². The van der Waals surface area contributed by atoms with Crippen molar-refractivity contribution in [3.63, 3.8) is 0 Å². The number of hydrogen-bond acceptors (Lipinski definition) is 5. The summed E-state index contributed by atoms with van der Waals surface area (Å²) in [7, 11) is 0. The molecule has 136 valence electrons. The average molecular weight is 359 g/mol. The molecule has 0 radical (unpaired) electrons. The molecule has 2 aromatic carbocycles. The van der Waals surface area contributed by atoms with Crippen molar-refractivity contribution in [2.24, 2.45) is 9.98 Å². The molecule has 0 spiro atoms. The molecule has 4 aliphatic rings. The first-order valence-corrected chi connectivity index (χ1v) is 9.68. The summed E-state index contributed by atoms with van der Waals surface area (Å²) in [5, 5.41) is 3.38. The van der Waals surface area contributed by atoms with Gasteiger partial charge in [-0.2, -0.15) is 0 Å². The lowest BCUT2D eigenvalue weighted by molar-refractivity contribution is 0.199. The second-order valence-corrected chi connectivity index (χ2v) is 7.66. The Hall–Kier alpha value is -2.66. The molecular weight excluding hydrogens is 338 g/mol. The van der Waals surface area contributed by atoms with Gasteiger partial charge >= 0.3 is 0 Å². The molecule has 1 N–H and O–H groups in total. The van der Waals surface area contributed by atoms with E-state index in [4.69, 9.17) is 19.5 Å². The van der Waals surface area contributed by atoms with E-state index in [0.29, 0.717) is 13.1 Å². The van der Waals surface area contributed by atoms with Crippen LogP contribution in [-0.4, -0.2) is 37.1 Å². The van der Waals surface area contributed by atoms with E-state index < -0.39 is 0 Å². The van der Waals surface area contributed by atoms with E-state index in [2.05, 4.69) is 53.8 Å². The van der Waals surface area contributed by atoms with Crippen molar-refractivity contribution >= 4 is 11.8 Å². The molecule has 27 heavy (non-hydrogen) atoms. The standard InChI is InChI=1S/C22H21N3O2/c1-3-7-15-13(5-1)9-17-21(15)24-19(26-17)11-23-12-20-25-22-16-8-4-2-6-14(16)10-18(22)27-20/h1-8,17-18,21-23H,9-12H2/t17-,18-,21+,22+/m0/s1. The van der Waals surface area contributed by atoms with Gasteiger partial charge in [0.25, 0.3) is 0 Å². The van der Waals surface area contributed by atoms with Crippen LogP contribution in [0.25, 0.3) is 0 Å². The van der Waals surface area contributed by atoms with Gasteiger partial charge in [0.05, 0.1) is 13.1 Å². The third-order valence-electron chi connectivity index (χ3n) is 5.99. The van der Waals surface area contributed by atoms with Crippen LogP contribution in [0, 0.1) is 0 Å². The van der Waals surface area contributed by atoms with Crippen LogP contribution in [0.1, 0.15) is 34.3 Å². The fraction of sp³-hybridized carbons (Fsp3) is 0.364. The third-order valence-corrected chi connectivity index (χ3v) is 5.99. The monoisotopic (exact) mass is 359 g/mol. The van der Waals surface area contributed by atoms with Gasteiger partial charge in [-0.3, -0.25) is 0 Å². The van der Waals surface area contributed by atoms with Gasteiger partial charge in [-0.25, -0.2) is 9.98 Å². The van der Waals surface area contributed by atoms with Gasteiger partial charge in [-0.15, -0.1) is 0 Å². The summed E-state index contributed by atoms with van der Waals surface area (Å²) in [6, 6.07) is 17.3. The Kier molecular flexibility index (Phi) is 3.38. The van der Waals surface area contributed by atoms with Crippen molar-refractivity contribution < 1.29 is 9.47 Å². The molecule has 0 aromatic heterocycles. The van der Waals surface area contributed by atoms with Crippen LogP contribution >= 0.6 is 0 Å². The highest BCUT2D eigenvalue weighted by atomic mass is 16.5. The number of benzene rings is 2. The summed E-state index contributed by atoms with van der Waals surface area (Å²) in [4.78, 5) is 9.59. The molecule has 0 fully saturated rings. The predicted molar refractivity (Wildman–Crippen MR) is 103 cm³/mol. The highest BCUT2D eigenvalue weighted by Gasteiger charge is 2.40. The maximum absolute atomic E-state index is 6.06. The zero-order chi connectivity index (χ0) is 17.8. The summed E-state index contributed by atoms with van der Waals surface area (Å²) < 4.78 is 12.1. The number of aliphatic imine (C=N–C) groups is 2. The van der Waals surface area contributed by atoms with Gasteiger partial charge in [0, 0.05) is 12.8 Å². The fourth-order valence-electron chi connectivity index (χ4n) is 4.76. The normalized spacial score (nSPS) is 29.2. The lowest BCUT2D eigenvalue weighted by Gasteiger charge is -2.11. The average Bonchev–Trinajstić information content (AvgIpc) is 3.40. The van der Waals surface area contributed by atoms with Crippen LogP contribution in [0.4, 0.5) is 0 Å². The minimum absolute atomic E-state index is 0.161. The van der Waals surface area contributed by atoms with Gasteiger partial charge < -0.3 is 14.8 Å². The summed E-state index contributed by atoms with van der Waals surface area (Å²) in [5.74, 6) is 1.59.